The van der Waals surface area contributed by atoms with Gasteiger partial charge in [0.1, 0.15) is 13.5 Å². The Morgan fingerprint density at radius 3 is 2.39 bits per heavy atom. The third-order valence-electron chi connectivity index (χ3n) is 2.78. The molecule has 0 aromatic heterocycles. The number of amides is 2. The summed E-state index contributed by atoms with van der Waals surface area (Å²) >= 11 is 0. The minimum Gasteiger partial charge on any atom is -0.341 e. The van der Waals surface area contributed by atoms with Gasteiger partial charge in [-0.05, 0) is 0 Å². The fourth-order valence-corrected chi connectivity index (χ4v) is 3.07. The van der Waals surface area contributed by atoms with Gasteiger partial charge in [-0.2, -0.15) is 0 Å². The Bertz CT molecular complexity index is 382. The van der Waals surface area contributed by atoms with Crippen LogP contribution >= 0.6 is 7.60 Å². The Balaban J connectivity index is 3.22. The van der Waals surface area contributed by atoms with E-state index >= 15 is 0 Å². The number of rotatable bonds is 6. The Hall–Kier alpha value is -1.14. The molecule has 0 aromatic carbocycles. The maximum absolute atomic E-state index is 11.8. The second-order valence-electron chi connectivity index (χ2n) is 3.90. The first kappa shape index (κ1) is 14.9. The van der Waals surface area contributed by atoms with Crippen molar-refractivity contribution in [3.8, 4) is 0 Å². The van der Waals surface area contributed by atoms with Crippen molar-refractivity contribution in [1.82, 2.24) is 10.2 Å². The fourth-order valence-electron chi connectivity index (χ4n) is 1.87. The zero-order chi connectivity index (χ0) is 13.8. The molecule has 0 spiro atoms. The molecule has 0 aromatic rings. The van der Waals surface area contributed by atoms with E-state index in [4.69, 9.17) is 4.74 Å². The predicted molar refractivity (Wildman–Crippen MR) is 65.6 cm³/mol. The number of ether oxygens (including phenoxy) is 1. The maximum atomic E-state index is 11.8. The molecule has 0 unspecified atom stereocenters. The first-order valence-corrected chi connectivity index (χ1v) is 6.91. The minimum atomic E-state index is -4.60. The molecule has 0 atom stereocenters. The lowest BCUT2D eigenvalue weighted by molar-refractivity contribution is -0.0233. The summed E-state index contributed by atoms with van der Waals surface area (Å²) in [4.78, 5) is 32.0. The highest BCUT2D eigenvalue weighted by molar-refractivity contribution is 7.53. The van der Waals surface area contributed by atoms with Gasteiger partial charge >= 0.3 is 13.6 Å². The van der Waals surface area contributed by atoms with Crippen molar-refractivity contribution in [3.05, 3.63) is 25.3 Å². The minimum absolute atomic E-state index is 0.0226. The van der Waals surface area contributed by atoms with Crippen LogP contribution in [-0.4, -0.2) is 39.5 Å². The average molecular weight is 276 g/mol. The molecule has 0 saturated carbocycles. The lowest BCUT2D eigenvalue weighted by atomic mass is 10.1. The molecule has 1 aliphatic rings. The Morgan fingerprint density at radius 2 is 2.00 bits per heavy atom. The van der Waals surface area contributed by atoms with E-state index < -0.39 is 18.9 Å². The van der Waals surface area contributed by atoms with Gasteiger partial charge < -0.3 is 19.8 Å². The molecule has 1 heterocycles. The van der Waals surface area contributed by atoms with Gasteiger partial charge in [-0.15, -0.1) is 13.2 Å². The summed E-state index contributed by atoms with van der Waals surface area (Å²) in [6, 6.07) is -0.576. The van der Waals surface area contributed by atoms with Gasteiger partial charge in [0.2, 0.25) is 0 Å². The van der Waals surface area contributed by atoms with E-state index in [2.05, 4.69) is 18.5 Å². The van der Waals surface area contributed by atoms with E-state index in [1.165, 1.54) is 12.2 Å². The molecule has 3 N–H and O–H groups in total. The number of nitrogens with one attached hydrogen (secondary N) is 1. The predicted octanol–water partition coefficient (Wildman–Crippen LogP) is 0.969. The second kappa shape index (κ2) is 5.67. The van der Waals surface area contributed by atoms with E-state index in [-0.39, 0.29) is 26.3 Å². The van der Waals surface area contributed by atoms with Gasteiger partial charge in [0.15, 0.2) is 5.28 Å². The molecule has 2 amide bonds. The molecule has 1 saturated heterocycles. The van der Waals surface area contributed by atoms with Crippen LogP contribution in [0.2, 0.25) is 0 Å². The van der Waals surface area contributed by atoms with Crippen LogP contribution in [0.5, 0.6) is 0 Å². The van der Waals surface area contributed by atoms with Crippen LogP contribution in [0, 0.1) is 0 Å². The van der Waals surface area contributed by atoms with E-state index in [1.54, 1.807) is 0 Å². The van der Waals surface area contributed by atoms with Crippen molar-refractivity contribution in [3.63, 3.8) is 0 Å². The summed E-state index contributed by atoms with van der Waals surface area (Å²) in [5.74, 6) is 0. The van der Waals surface area contributed by atoms with Gasteiger partial charge in [0.05, 0.1) is 0 Å². The van der Waals surface area contributed by atoms with Gasteiger partial charge in [0.25, 0.3) is 0 Å². The number of carbonyl (C=O) groups is 1. The highest BCUT2D eigenvalue weighted by Gasteiger charge is 2.52. The lowest BCUT2D eigenvalue weighted by Gasteiger charge is -2.44. The quantitative estimate of drug-likeness (QED) is 0.496. The smallest absolute Gasteiger partial charge is 0.341 e. The molecule has 7 nitrogen and oxygen atoms in total. The Morgan fingerprint density at radius 1 is 1.44 bits per heavy atom. The highest BCUT2D eigenvalue weighted by atomic mass is 31.2. The van der Waals surface area contributed by atoms with E-state index in [0.717, 1.165) is 4.90 Å². The number of hydrogen-bond acceptors (Lipinski definition) is 3. The van der Waals surface area contributed by atoms with E-state index in [1.807, 2.05) is 0 Å². The largest absolute Gasteiger partial charge is 0.351 e. The first-order chi connectivity index (χ1) is 8.39. The molecular weight excluding hydrogens is 259 g/mol. The molecule has 18 heavy (non-hydrogen) atoms. The Kier molecular flexibility index (Phi) is 4.70. The standard InChI is InChI=1S/C10H17N2O5P/c1-3-5-10(6-4-2,18(14,15)16)12-8-17-7-11-9(12)13/h3-4H,1-2,5-8H2,(H,11,13)(H2,14,15,16). The van der Waals surface area contributed by atoms with Crippen molar-refractivity contribution >= 4 is 13.6 Å². The molecule has 0 aliphatic carbocycles. The third-order valence-corrected chi connectivity index (χ3v) is 4.47. The normalized spacial score (nSPS) is 17.2. The van der Waals surface area contributed by atoms with Crippen molar-refractivity contribution in [2.45, 2.75) is 18.1 Å². The van der Waals surface area contributed by atoms with E-state index in [0.29, 0.717) is 0 Å². The summed E-state index contributed by atoms with van der Waals surface area (Å²) in [6.45, 7) is 6.81. The van der Waals surface area contributed by atoms with Crippen LogP contribution in [0.15, 0.2) is 25.3 Å². The average Bonchev–Trinajstić information content (AvgIpc) is 2.28. The SMILES string of the molecule is C=CCC(CC=C)(N1COCNC1=O)P(=O)(O)O. The molecule has 0 radical (unpaired) electrons. The number of urea groups is 1. The topological polar surface area (TPSA) is 99.1 Å². The van der Waals surface area contributed by atoms with Crippen LogP contribution in [0.3, 0.4) is 0 Å². The third kappa shape index (κ3) is 2.64. The van der Waals surface area contributed by atoms with Crippen molar-refractivity contribution in [2.24, 2.45) is 0 Å². The molecule has 1 fully saturated rings. The van der Waals surface area contributed by atoms with Gasteiger partial charge in [-0.3, -0.25) is 9.46 Å². The van der Waals surface area contributed by atoms with Crippen molar-refractivity contribution in [2.75, 3.05) is 13.5 Å². The summed E-state index contributed by atoms with van der Waals surface area (Å²) < 4.78 is 16.8. The van der Waals surface area contributed by atoms with Crippen LogP contribution < -0.4 is 5.32 Å². The highest BCUT2D eigenvalue weighted by Crippen LogP contribution is 2.57. The monoisotopic (exact) mass is 276 g/mol. The summed E-state index contributed by atoms with van der Waals surface area (Å²) in [5, 5.41) is 0.686. The molecule has 102 valence electrons. The number of hydrogen-bond donors (Lipinski definition) is 3. The lowest BCUT2D eigenvalue weighted by Crippen LogP contribution is -2.58. The molecule has 1 rings (SSSR count). The van der Waals surface area contributed by atoms with Crippen LogP contribution in [0.25, 0.3) is 0 Å². The van der Waals surface area contributed by atoms with Crippen LogP contribution in [0.1, 0.15) is 12.8 Å². The zero-order valence-electron chi connectivity index (χ0n) is 9.91. The summed E-state index contributed by atoms with van der Waals surface area (Å²) in [6.07, 6.45) is 2.62. The first-order valence-electron chi connectivity index (χ1n) is 5.29. The summed E-state index contributed by atoms with van der Waals surface area (Å²) in [5.41, 5.74) is 0. The molecular formula is C10H17N2O5P. The molecule has 0 bridgehead atoms. The van der Waals surface area contributed by atoms with Crippen LogP contribution in [-0.2, 0) is 9.30 Å². The zero-order valence-corrected chi connectivity index (χ0v) is 10.8. The number of carbonyl (C=O) groups excluding carboxylic acids is 1. The molecule has 8 heteroatoms. The maximum Gasteiger partial charge on any atom is 0.351 e. The van der Waals surface area contributed by atoms with Crippen molar-refractivity contribution < 1.29 is 23.9 Å². The van der Waals surface area contributed by atoms with Gasteiger partial charge in [-0.1, -0.05) is 12.2 Å². The van der Waals surface area contributed by atoms with Crippen molar-refractivity contribution in [1.29, 1.82) is 0 Å². The second-order valence-corrected chi connectivity index (χ2v) is 5.82. The fraction of sp³-hybridized carbons (Fsp3) is 0.500. The van der Waals surface area contributed by atoms with Gasteiger partial charge in [0, 0.05) is 12.8 Å². The Labute approximate surface area is 105 Å². The molecule has 1 aliphatic heterocycles. The van der Waals surface area contributed by atoms with Crippen LogP contribution in [0.4, 0.5) is 4.79 Å². The summed E-state index contributed by atoms with van der Waals surface area (Å²) in [7, 11) is -4.60. The van der Waals surface area contributed by atoms with Gasteiger partial charge in [-0.25, -0.2) is 4.79 Å². The number of nitrogens with zero attached hydrogens (tertiary/aromatic N) is 1. The van der Waals surface area contributed by atoms with E-state index in [9.17, 15) is 19.1 Å².